The van der Waals surface area contributed by atoms with Crippen LogP contribution in [0, 0.1) is 6.92 Å². The molecule has 0 unspecified atom stereocenters. The molecular weight excluding hydrogens is 378 g/mol. The van der Waals surface area contributed by atoms with Crippen LogP contribution in [0.15, 0.2) is 46.2 Å². The summed E-state index contributed by atoms with van der Waals surface area (Å²) >= 11 is 1.60. The highest BCUT2D eigenvalue weighted by atomic mass is 32.1. The highest BCUT2D eigenvalue weighted by molar-refractivity contribution is 7.13. The molecule has 6 nitrogen and oxygen atoms in total. The maximum Gasteiger partial charge on any atom is 0.333 e. The number of aliphatic carboxylic acids is 1. The summed E-state index contributed by atoms with van der Waals surface area (Å²) in [6, 6.07) is 11.4. The Bertz CT molecular complexity index is 886. The Morgan fingerprint density at radius 3 is 2.71 bits per heavy atom. The van der Waals surface area contributed by atoms with E-state index < -0.39 is 12.1 Å². The number of benzene rings is 1. The first-order valence-electron chi connectivity index (χ1n) is 9.13. The first-order valence-corrected chi connectivity index (χ1v) is 10.0. The number of ether oxygens (including phenoxy) is 2. The van der Waals surface area contributed by atoms with Crippen LogP contribution in [-0.2, 0) is 22.4 Å². The Morgan fingerprint density at radius 1 is 1.29 bits per heavy atom. The van der Waals surface area contributed by atoms with E-state index in [1.165, 1.54) is 0 Å². The maximum absolute atomic E-state index is 11.2. The van der Waals surface area contributed by atoms with Crippen molar-refractivity contribution in [2.24, 2.45) is 0 Å². The fraction of sp³-hybridized carbons (Fsp3) is 0.333. The van der Waals surface area contributed by atoms with Gasteiger partial charge in [0.2, 0.25) is 5.89 Å². The van der Waals surface area contributed by atoms with Crippen molar-refractivity contribution in [3.63, 3.8) is 0 Å². The molecule has 0 spiro atoms. The molecule has 3 rings (SSSR count). The minimum absolute atomic E-state index is 0.326. The molecule has 2 heterocycles. The Balaban J connectivity index is 1.52. The van der Waals surface area contributed by atoms with Crippen molar-refractivity contribution in [1.82, 2.24) is 4.98 Å². The van der Waals surface area contributed by atoms with E-state index >= 15 is 0 Å². The number of carboxylic acid groups (broad SMARTS) is 1. The zero-order valence-electron chi connectivity index (χ0n) is 15.9. The topological polar surface area (TPSA) is 81.8 Å². The molecule has 3 aromatic rings. The lowest BCUT2D eigenvalue weighted by molar-refractivity contribution is -0.149. The van der Waals surface area contributed by atoms with E-state index in [1.807, 2.05) is 48.7 Å². The first-order chi connectivity index (χ1) is 13.6. The van der Waals surface area contributed by atoms with Gasteiger partial charge >= 0.3 is 5.97 Å². The summed E-state index contributed by atoms with van der Waals surface area (Å²) in [5, 5.41) is 11.2. The molecule has 0 aliphatic rings. The molecule has 0 saturated carbocycles. The fourth-order valence-corrected chi connectivity index (χ4v) is 3.43. The lowest BCUT2D eigenvalue weighted by Gasteiger charge is -2.12. The Kier molecular flexibility index (Phi) is 6.84. The second-order valence-corrected chi connectivity index (χ2v) is 7.18. The fourth-order valence-electron chi connectivity index (χ4n) is 2.79. The van der Waals surface area contributed by atoms with Gasteiger partial charge in [0, 0.05) is 19.4 Å². The molecule has 0 aliphatic carbocycles. The number of oxazole rings is 1. The zero-order valence-corrected chi connectivity index (χ0v) is 16.7. The molecule has 0 saturated heterocycles. The molecule has 0 bridgehead atoms. The van der Waals surface area contributed by atoms with E-state index in [4.69, 9.17) is 19.0 Å². The second kappa shape index (κ2) is 9.52. The van der Waals surface area contributed by atoms with Crippen LogP contribution in [0.4, 0.5) is 0 Å². The zero-order chi connectivity index (χ0) is 19.9. The number of aromatic nitrogens is 1. The Labute approximate surface area is 167 Å². The van der Waals surface area contributed by atoms with Crippen LogP contribution in [0.3, 0.4) is 0 Å². The van der Waals surface area contributed by atoms with Crippen LogP contribution >= 0.6 is 11.3 Å². The third-order valence-corrected chi connectivity index (χ3v) is 5.08. The predicted octanol–water partition coefficient (Wildman–Crippen LogP) is 4.37. The van der Waals surface area contributed by atoms with Gasteiger partial charge in [-0.1, -0.05) is 18.2 Å². The van der Waals surface area contributed by atoms with Crippen molar-refractivity contribution in [1.29, 1.82) is 0 Å². The van der Waals surface area contributed by atoms with E-state index in [0.717, 1.165) is 27.6 Å². The number of aryl methyl sites for hydroxylation is 1. The van der Waals surface area contributed by atoms with E-state index in [9.17, 15) is 4.79 Å². The van der Waals surface area contributed by atoms with Crippen molar-refractivity contribution >= 4 is 17.3 Å². The number of nitrogens with zero attached hydrogens (tertiary/aromatic N) is 1. The number of hydrogen-bond donors (Lipinski definition) is 1. The van der Waals surface area contributed by atoms with Gasteiger partial charge in [0.05, 0.1) is 17.2 Å². The highest BCUT2D eigenvalue weighted by Crippen LogP contribution is 2.26. The molecule has 2 aromatic heterocycles. The summed E-state index contributed by atoms with van der Waals surface area (Å²) in [7, 11) is 0. The van der Waals surface area contributed by atoms with E-state index in [2.05, 4.69) is 4.98 Å². The van der Waals surface area contributed by atoms with Gasteiger partial charge in [-0.15, -0.1) is 11.3 Å². The van der Waals surface area contributed by atoms with Crippen LogP contribution < -0.4 is 4.74 Å². The van der Waals surface area contributed by atoms with Crippen molar-refractivity contribution < 1.29 is 23.8 Å². The number of rotatable bonds is 10. The minimum atomic E-state index is -0.952. The SMILES string of the molecule is CCO[C@H](Cc1ccc(OCCc2nc(-c3cccs3)oc2C)cc1)C(=O)O. The minimum Gasteiger partial charge on any atom is -0.493 e. The van der Waals surface area contributed by atoms with Crippen molar-refractivity contribution in [2.45, 2.75) is 32.8 Å². The summed E-state index contributed by atoms with van der Waals surface area (Å²) in [4.78, 5) is 16.7. The van der Waals surface area contributed by atoms with Gasteiger partial charge in [0.1, 0.15) is 11.5 Å². The van der Waals surface area contributed by atoms with Crippen LogP contribution in [0.2, 0.25) is 0 Å². The maximum atomic E-state index is 11.2. The van der Waals surface area contributed by atoms with Crippen LogP contribution in [0.5, 0.6) is 5.75 Å². The van der Waals surface area contributed by atoms with Gasteiger partial charge in [0.15, 0.2) is 6.10 Å². The summed E-state index contributed by atoms with van der Waals surface area (Å²) in [6.07, 6.45) is 0.144. The normalized spacial score (nSPS) is 12.1. The van der Waals surface area contributed by atoms with Crippen LogP contribution in [0.25, 0.3) is 10.8 Å². The number of thiophene rings is 1. The van der Waals surface area contributed by atoms with Gasteiger partial charge in [0.25, 0.3) is 0 Å². The second-order valence-electron chi connectivity index (χ2n) is 6.23. The first kappa shape index (κ1) is 20.1. The average molecular weight is 401 g/mol. The van der Waals surface area contributed by atoms with E-state index in [1.54, 1.807) is 18.3 Å². The molecule has 1 N–H and O–H groups in total. The Hall–Kier alpha value is -2.64. The van der Waals surface area contributed by atoms with Gasteiger partial charge in [-0.3, -0.25) is 0 Å². The molecule has 0 radical (unpaired) electrons. The number of carboxylic acids is 1. The average Bonchev–Trinajstić information content (AvgIpc) is 3.33. The smallest absolute Gasteiger partial charge is 0.333 e. The molecule has 1 aromatic carbocycles. The summed E-state index contributed by atoms with van der Waals surface area (Å²) < 4.78 is 16.8. The molecule has 1 atom stereocenters. The van der Waals surface area contributed by atoms with Gasteiger partial charge in [-0.05, 0) is 43.0 Å². The quantitative estimate of drug-likeness (QED) is 0.543. The van der Waals surface area contributed by atoms with Crippen LogP contribution in [-0.4, -0.2) is 35.4 Å². The van der Waals surface area contributed by atoms with E-state index in [0.29, 0.717) is 31.9 Å². The van der Waals surface area contributed by atoms with Crippen LogP contribution in [0.1, 0.15) is 23.9 Å². The van der Waals surface area contributed by atoms with Gasteiger partial charge in [-0.25, -0.2) is 9.78 Å². The standard InChI is InChI=1S/C21H23NO5S/c1-3-25-18(21(23)24)13-15-6-8-16(9-7-15)26-11-10-17-14(2)27-20(22-17)19-5-4-12-28-19/h4-9,12,18H,3,10-11,13H2,1-2H3,(H,23,24)/t18-/m1/s1. The third kappa shape index (κ3) is 5.21. The van der Waals surface area contributed by atoms with Crippen molar-refractivity contribution in [3.8, 4) is 16.5 Å². The lowest BCUT2D eigenvalue weighted by atomic mass is 10.1. The molecule has 0 amide bonds. The van der Waals surface area contributed by atoms with Gasteiger partial charge < -0.3 is 19.0 Å². The number of carbonyl (C=O) groups is 1. The summed E-state index contributed by atoms with van der Waals surface area (Å²) in [5.74, 6) is 1.23. The molecule has 0 aliphatic heterocycles. The van der Waals surface area contributed by atoms with Gasteiger partial charge in [-0.2, -0.15) is 0 Å². The molecular formula is C21H23NO5S. The summed E-state index contributed by atoms with van der Waals surface area (Å²) in [6.45, 7) is 4.54. The molecule has 7 heteroatoms. The van der Waals surface area contributed by atoms with Crippen molar-refractivity contribution in [3.05, 3.63) is 58.8 Å². The Morgan fingerprint density at radius 2 is 2.07 bits per heavy atom. The largest absolute Gasteiger partial charge is 0.493 e. The lowest BCUT2D eigenvalue weighted by Crippen LogP contribution is -2.26. The molecule has 0 fully saturated rings. The number of hydrogen-bond acceptors (Lipinski definition) is 6. The molecule has 148 valence electrons. The molecule has 28 heavy (non-hydrogen) atoms. The predicted molar refractivity (Wildman–Crippen MR) is 107 cm³/mol. The third-order valence-electron chi connectivity index (χ3n) is 4.22. The summed E-state index contributed by atoms with van der Waals surface area (Å²) in [5.41, 5.74) is 1.78. The van der Waals surface area contributed by atoms with Crippen molar-refractivity contribution in [2.75, 3.05) is 13.2 Å². The van der Waals surface area contributed by atoms with E-state index in [-0.39, 0.29) is 0 Å². The highest BCUT2D eigenvalue weighted by Gasteiger charge is 2.18. The monoisotopic (exact) mass is 401 g/mol.